The molecule has 0 aromatic heterocycles. The lowest BCUT2D eigenvalue weighted by molar-refractivity contribution is 0.249. The Morgan fingerprint density at radius 1 is 1.75 bits per heavy atom. The molecule has 0 spiro atoms. The molecule has 0 amide bonds. The molecule has 0 aromatic carbocycles. The first-order valence-electron chi connectivity index (χ1n) is 3.63. The molecule has 68 valence electrons. The van der Waals surface area contributed by atoms with Crippen LogP contribution in [0.3, 0.4) is 0 Å². The second-order valence-corrected chi connectivity index (χ2v) is 2.71. The lowest BCUT2D eigenvalue weighted by atomic mass is 10.2. The molecule has 1 aliphatic heterocycles. The summed E-state index contributed by atoms with van der Waals surface area (Å²) in [6, 6.07) is -0.506. The first-order chi connectivity index (χ1) is 5.69. The van der Waals surface area contributed by atoms with E-state index in [4.69, 9.17) is 16.3 Å². The van der Waals surface area contributed by atoms with E-state index >= 15 is 0 Å². The molecule has 0 fully saturated rings. The van der Waals surface area contributed by atoms with Crippen LogP contribution in [0.2, 0.25) is 0 Å². The zero-order valence-electron chi connectivity index (χ0n) is 6.90. The molecule has 0 saturated heterocycles. The highest BCUT2D eigenvalue weighted by Gasteiger charge is 2.23. The zero-order valence-corrected chi connectivity index (χ0v) is 7.65. The minimum Gasteiger partial charge on any atom is -0.480 e. The van der Waals surface area contributed by atoms with Gasteiger partial charge in [-0.25, -0.2) is 9.38 Å². The lowest BCUT2D eigenvalue weighted by Crippen LogP contribution is -2.29. The maximum absolute atomic E-state index is 13.2. The molecule has 1 heterocycles. The van der Waals surface area contributed by atoms with Gasteiger partial charge in [-0.05, 0) is 18.0 Å². The quantitative estimate of drug-likeness (QED) is 0.677. The van der Waals surface area contributed by atoms with Crippen LogP contribution in [0.5, 0.6) is 0 Å². The van der Waals surface area contributed by atoms with Crippen LogP contribution in [0.4, 0.5) is 4.39 Å². The Kier molecular flexibility index (Phi) is 2.92. The predicted molar refractivity (Wildman–Crippen MR) is 45.6 cm³/mol. The number of nitrogens with zero attached hydrogens (tertiary/aromatic N) is 1. The highest BCUT2D eigenvalue weighted by atomic mass is 35.5. The summed E-state index contributed by atoms with van der Waals surface area (Å²) < 4.78 is 17.9. The summed E-state index contributed by atoms with van der Waals surface area (Å²) in [5.41, 5.74) is 0. The van der Waals surface area contributed by atoms with E-state index in [9.17, 15) is 4.39 Å². The Balaban J connectivity index is 2.86. The predicted octanol–water partition coefficient (Wildman–Crippen LogP) is 1.75. The third kappa shape index (κ3) is 1.69. The van der Waals surface area contributed by atoms with Gasteiger partial charge in [-0.15, -0.1) is 0 Å². The Morgan fingerprint density at radius 2 is 2.42 bits per heavy atom. The second-order valence-electron chi connectivity index (χ2n) is 2.35. The zero-order chi connectivity index (χ0) is 9.14. The minimum atomic E-state index is -0.506. The summed E-state index contributed by atoms with van der Waals surface area (Å²) >= 11 is 5.59. The van der Waals surface area contributed by atoms with Crippen molar-refractivity contribution in [3.63, 3.8) is 0 Å². The van der Waals surface area contributed by atoms with Crippen molar-refractivity contribution in [1.29, 1.82) is 0 Å². The molecule has 3 nitrogen and oxygen atoms in total. The van der Waals surface area contributed by atoms with Gasteiger partial charge in [0.25, 0.3) is 0 Å². The highest BCUT2D eigenvalue weighted by Crippen LogP contribution is 2.20. The van der Waals surface area contributed by atoms with Crippen LogP contribution in [-0.2, 0) is 4.74 Å². The van der Waals surface area contributed by atoms with Crippen molar-refractivity contribution >= 4 is 16.9 Å². The summed E-state index contributed by atoms with van der Waals surface area (Å²) in [7, 11) is 1.38. The van der Waals surface area contributed by atoms with Crippen LogP contribution in [-0.4, -0.2) is 18.4 Å². The molecule has 12 heavy (non-hydrogen) atoms. The van der Waals surface area contributed by atoms with E-state index in [1.165, 1.54) is 7.11 Å². The van der Waals surface area contributed by atoms with Gasteiger partial charge in [-0.2, -0.15) is 0 Å². The summed E-state index contributed by atoms with van der Waals surface area (Å²) in [4.78, 5) is 3.84. The number of hydrogen-bond acceptors (Lipinski definition) is 3. The maximum atomic E-state index is 13.2. The SMILES string of the molecule is CCC1N=C(Cl)NC(OC)=C1F. The van der Waals surface area contributed by atoms with E-state index in [-0.39, 0.29) is 11.2 Å². The van der Waals surface area contributed by atoms with Crippen LogP contribution >= 0.6 is 11.6 Å². The van der Waals surface area contributed by atoms with E-state index in [0.717, 1.165) is 0 Å². The van der Waals surface area contributed by atoms with Gasteiger partial charge < -0.3 is 4.74 Å². The number of methoxy groups -OCH3 is 1. The molecule has 5 heteroatoms. The first-order valence-corrected chi connectivity index (χ1v) is 4.00. The Labute approximate surface area is 75.3 Å². The average molecular weight is 193 g/mol. The fourth-order valence-electron chi connectivity index (χ4n) is 0.950. The molecule has 0 bridgehead atoms. The van der Waals surface area contributed by atoms with E-state index in [0.29, 0.717) is 6.42 Å². The van der Waals surface area contributed by atoms with E-state index < -0.39 is 11.9 Å². The Hall–Kier alpha value is -0.770. The molecule has 0 saturated carbocycles. The fourth-order valence-corrected chi connectivity index (χ4v) is 1.15. The van der Waals surface area contributed by atoms with Crippen LogP contribution in [0.1, 0.15) is 13.3 Å². The number of ether oxygens (including phenoxy) is 1. The standard InChI is InChI=1S/C7H10ClFN2O/c1-3-4-5(9)6(12-2)11-7(8)10-4/h4H,3H2,1-2H3,(H,10,11). The molecule has 0 radical (unpaired) electrons. The molecule has 1 unspecified atom stereocenters. The van der Waals surface area contributed by atoms with Crippen LogP contribution < -0.4 is 5.32 Å². The molecule has 1 atom stereocenters. The highest BCUT2D eigenvalue weighted by molar-refractivity contribution is 6.65. The van der Waals surface area contributed by atoms with Gasteiger partial charge in [0, 0.05) is 0 Å². The maximum Gasteiger partial charge on any atom is 0.227 e. The van der Waals surface area contributed by atoms with E-state index in [1.54, 1.807) is 0 Å². The summed E-state index contributed by atoms with van der Waals surface area (Å²) in [5, 5.41) is 2.64. The molecule has 1 N–H and O–H groups in total. The molecule has 1 aliphatic rings. The van der Waals surface area contributed by atoms with Crippen LogP contribution in [0.25, 0.3) is 0 Å². The molecule has 1 rings (SSSR count). The Bertz CT molecular complexity index is 240. The smallest absolute Gasteiger partial charge is 0.227 e. The van der Waals surface area contributed by atoms with Crippen molar-refractivity contribution in [3.8, 4) is 0 Å². The van der Waals surface area contributed by atoms with Crippen molar-refractivity contribution in [1.82, 2.24) is 5.32 Å². The molecule has 0 aliphatic carbocycles. The van der Waals surface area contributed by atoms with Crippen molar-refractivity contribution in [3.05, 3.63) is 11.7 Å². The van der Waals surface area contributed by atoms with Gasteiger partial charge in [-0.3, -0.25) is 5.32 Å². The van der Waals surface area contributed by atoms with Crippen molar-refractivity contribution in [2.45, 2.75) is 19.4 Å². The van der Waals surface area contributed by atoms with Crippen LogP contribution in [0, 0.1) is 0 Å². The number of halogens is 2. The molecular weight excluding hydrogens is 183 g/mol. The third-order valence-corrected chi connectivity index (χ3v) is 1.78. The number of aliphatic imine (C=N–C) groups is 1. The van der Waals surface area contributed by atoms with Crippen molar-refractivity contribution in [2.24, 2.45) is 4.99 Å². The fraction of sp³-hybridized carbons (Fsp3) is 0.571. The molecular formula is C7H10ClFN2O. The number of nitrogens with one attached hydrogen (secondary N) is 1. The number of amidine groups is 1. The third-order valence-electron chi connectivity index (χ3n) is 1.59. The van der Waals surface area contributed by atoms with E-state index in [2.05, 4.69) is 10.3 Å². The van der Waals surface area contributed by atoms with Gasteiger partial charge in [-0.1, -0.05) is 6.92 Å². The van der Waals surface area contributed by atoms with Crippen LogP contribution in [0.15, 0.2) is 16.7 Å². The van der Waals surface area contributed by atoms with Gasteiger partial charge in [0.15, 0.2) is 11.1 Å². The van der Waals surface area contributed by atoms with Crippen molar-refractivity contribution in [2.75, 3.05) is 7.11 Å². The summed E-state index contributed by atoms with van der Waals surface area (Å²) in [6.45, 7) is 1.83. The second kappa shape index (κ2) is 3.76. The lowest BCUT2D eigenvalue weighted by Gasteiger charge is -2.18. The average Bonchev–Trinajstić information content (AvgIpc) is 2.08. The summed E-state index contributed by atoms with van der Waals surface area (Å²) in [5.74, 6) is -0.341. The minimum absolute atomic E-state index is 0.0573. The Morgan fingerprint density at radius 3 is 2.92 bits per heavy atom. The first kappa shape index (κ1) is 9.32. The van der Waals surface area contributed by atoms with Crippen molar-refractivity contribution < 1.29 is 9.13 Å². The van der Waals surface area contributed by atoms with E-state index in [1.807, 2.05) is 6.92 Å². The normalized spacial score (nSPS) is 23.3. The van der Waals surface area contributed by atoms with Gasteiger partial charge in [0.2, 0.25) is 5.88 Å². The van der Waals surface area contributed by atoms with Gasteiger partial charge >= 0.3 is 0 Å². The van der Waals surface area contributed by atoms with Gasteiger partial charge in [0.05, 0.1) is 7.11 Å². The molecule has 0 aromatic rings. The number of rotatable bonds is 2. The van der Waals surface area contributed by atoms with Gasteiger partial charge in [0.1, 0.15) is 6.04 Å². The largest absolute Gasteiger partial charge is 0.480 e. The summed E-state index contributed by atoms with van der Waals surface area (Å²) in [6.07, 6.45) is 0.566. The number of hydrogen-bond donors (Lipinski definition) is 1. The monoisotopic (exact) mass is 192 g/mol. The topological polar surface area (TPSA) is 33.6 Å².